The molecule has 0 fully saturated rings. The number of nitrogens with zero attached hydrogens (tertiary/aromatic N) is 2. The van der Waals surface area contributed by atoms with Gasteiger partial charge in [-0.1, -0.05) is 32.1 Å². The average Bonchev–Trinajstić information content (AvgIpc) is 2.61. The number of ether oxygens (including phenoxy) is 1. The van der Waals surface area contributed by atoms with Crippen molar-refractivity contribution in [2.75, 3.05) is 11.9 Å². The summed E-state index contributed by atoms with van der Waals surface area (Å²) < 4.78 is 5.20. The van der Waals surface area contributed by atoms with Crippen molar-refractivity contribution in [2.45, 2.75) is 34.3 Å². The number of hydrogen-bond acceptors (Lipinski definition) is 5. The van der Waals surface area contributed by atoms with Crippen LogP contribution >= 0.6 is 11.3 Å². The van der Waals surface area contributed by atoms with E-state index < -0.39 is 5.41 Å². The minimum atomic E-state index is -0.425. The van der Waals surface area contributed by atoms with E-state index in [2.05, 4.69) is 15.5 Å². The van der Waals surface area contributed by atoms with Crippen LogP contribution < -0.4 is 5.32 Å². The van der Waals surface area contributed by atoms with Gasteiger partial charge in [-0.25, -0.2) is 0 Å². The van der Waals surface area contributed by atoms with Crippen molar-refractivity contribution in [3.05, 3.63) is 5.01 Å². The zero-order chi connectivity index (χ0) is 12.2. The molecule has 90 valence electrons. The van der Waals surface area contributed by atoms with Gasteiger partial charge in [0, 0.05) is 12.0 Å². The van der Waals surface area contributed by atoms with Crippen molar-refractivity contribution in [2.24, 2.45) is 5.41 Å². The number of amides is 1. The summed E-state index contributed by atoms with van der Waals surface area (Å²) >= 11 is 1.34. The zero-order valence-electron chi connectivity index (χ0n) is 10.0. The van der Waals surface area contributed by atoms with Crippen molar-refractivity contribution >= 4 is 22.4 Å². The summed E-state index contributed by atoms with van der Waals surface area (Å²) in [5.41, 5.74) is -0.425. The molecule has 0 aliphatic carbocycles. The molecular formula is C10H17N3O2S. The van der Waals surface area contributed by atoms with Crippen LogP contribution in [0.3, 0.4) is 0 Å². The standard InChI is InChI=1S/C10H17N3O2S/c1-5-15-6-7-12-13-9(16-7)11-8(14)10(2,3)4/h5-6H2,1-4H3,(H,11,13,14). The van der Waals surface area contributed by atoms with Crippen LogP contribution in [0.1, 0.15) is 32.7 Å². The molecule has 1 aromatic heterocycles. The maximum atomic E-state index is 11.7. The third-order valence-electron chi connectivity index (χ3n) is 1.80. The van der Waals surface area contributed by atoms with Crippen molar-refractivity contribution < 1.29 is 9.53 Å². The van der Waals surface area contributed by atoms with Gasteiger partial charge in [0.25, 0.3) is 0 Å². The molecular weight excluding hydrogens is 226 g/mol. The lowest BCUT2D eigenvalue weighted by Gasteiger charge is -2.15. The SMILES string of the molecule is CCOCc1nnc(NC(=O)C(C)(C)C)s1. The van der Waals surface area contributed by atoms with Crippen molar-refractivity contribution in [1.82, 2.24) is 10.2 Å². The molecule has 16 heavy (non-hydrogen) atoms. The summed E-state index contributed by atoms with van der Waals surface area (Å²) in [5.74, 6) is -0.0633. The molecule has 0 aliphatic heterocycles. The van der Waals surface area contributed by atoms with E-state index in [1.165, 1.54) is 11.3 Å². The number of anilines is 1. The molecule has 0 aliphatic rings. The summed E-state index contributed by atoms with van der Waals surface area (Å²) in [7, 11) is 0. The fraction of sp³-hybridized carbons (Fsp3) is 0.700. The van der Waals surface area contributed by atoms with E-state index in [9.17, 15) is 4.79 Å². The largest absolute Gasteiger partial charge is 0.374 e. The van der Waals surface area contributed by atoms with Crippen LogP contribution in [0.25, 0.3) is 0 Å². The van der Waals surface area contributed by atoms with E-state index in [-0.39, 0.29) is 5.91 Å². The van der Waals surface area contributed by atoms with Gasteiger partial charge in [0.15, 0.2) is 0 Å². The van der Waals surface area contributed by atoms with E-state index in [1.54, 1.807) is 0 Å². The van der Waals surface area contributed by atoms with Crippen LogP contribution in [0.4, 0.5) is 5.13 Å². The van der Waals surface area contributed by atoms with Crippen LogP contribution in [0.15, 0.2) is 0 Å². The molecule has 0 radical (unpaired) electrons. The lowest BCUT2D eigenvalue weighted by molar-refractivity contribution is -0.123. The van der Waals surface area contributed by atoms with Gasteiger partial charge in [0.2, 0.25) is 11.0 Å². The smallest absolute Gasteiger partial charge is 0.231 e. The summed E-state index contributed by atoms with van der Waals surface area (Å²) in [4.78, 5) is 11.7. The summed E-state index contributed by atoms with van der Waals surface area (Å²) in [5, 5.41) is 11.8. The van der Waals surface area contributed by atoms with Crippen LogP contribution in [0.2, 0.25) is 0 Å². The molecule has 5 nitrogen and oxygen atoms in total. The number of rotatable bonds is 4. The highest BCUT2D eigenvalue weighted by Gasteiger charge is 2.22. The Hall–Kier alpha value is -1.01. The Morgan fingerprint density at radius 3 is 2.69 bits per heavy atom. The molecule has 1 N–H and O–H groups in total. The first-order valence-electron chi connectivity index (χ1n) is 5.15. The Kier molecular flexibility index (Phi) is 4.37. The van der Waals surface area contributed by atoms with Crippen molar-refractivity contribution in [1.29, 1.82) is 0 Å². The Labute approximate surface area is 99.2 Å². The summed E-state index contributed by atoms with van der Waals surface area (Å²) in [6.07, 6.45) is 0. The lowest BCUT2D eigenvalue weighted by Crippen LogP contribution is -2.27. The Bertz CT molecular complexity index is 357. The van der Waals surface area contributed by atoms with Gasteiger partial charge in [0.05, 0.1) is 0 Å². The minimum absolute atomic E-state index is 0.0633. The van der Waals surface area contributed by atoms with E-state index in [1.807, 2.05) is 27.7 Å². The number of aromatic nitrogens is 2. The highest BCUT2D eigenvalue weighted by molar-refractivity contribution is 7.15. The summed E-state index contributed by atoms with van der Waals surface area (Å²) in [6.45, 7) is 8.56. The fourth-order valence-corrected chi connectivity index (χ4v) is 1.51. The van der Waals surface area contributed by atoms with Gasteiger partial charge in [0.1, 0.15) is 11.6 Å². The molecule has 0 saturated heterocycles. The molecule has 0 spiro atoms. The molecule has 1 amide bonds. The van der Waals surface area contributed by atoms with Gasteiger partial charge < -0.3 is 10.1 Å². The normalized spacial score (nSPS) is 11.5. The van der Waals surface area contributed by atoms with E-state index >= 15 is 0 Å². The first-order chi connectivity index (χ1) is 7.43. The number of nitrogens with one attached hydrogen (secondary N) is 1. The first-order valence-corrected chi connectivity index (χ1v) is 5.96. The van der Waals surface area contributed by atoms with Gasteiger partial charge >= 0.3 is 0 Å². The third-order valence-corrected chi connectivity index (χ3v) is 2.61. The maximum absolute atomic E-state index is 11.7. The molecule has 1 rings (SSSR count). The van der Waals surface area contributed by atoms with E-state index in [4.69, 9.17) is 4.74 Å². The quantitative estimate of drug-likeness (QED) is 0.879. The van der Waals surface area contributed by atoms with Gasteiger partial charge in [-0.3, -0.25) is 4.79 Å². The molecule has 1 aromatic rings. The van der Waals surface area contributed by atoms with Gasteiger partial charge in [-0.2, -0.15) is 0 Å². The van der Waals surface area contributed by atoms with Gasteiger partial charge in [-0.15, -0.1) is 10.2 Å². The first kappa shape index (κ1) is 13.1. The van der Waals surface area contributed by atoms with Crippen LogP contribution in [-0.2, 0) is 16.1 Å². The number of carbonyl (C=O) groups is 1. The Morgan fingerprint density at radius 2 is 2.12 bits per heavy atom. The second-order valence-electron chi connectivity index (χ2n) is 4.34. The second-order valence-corrected chi connectivity index (χ2v) is 5.40. The molecule has 1 heterocycles. The summed E-state index contributed by atoms with van der Waals surface area (Å²) in [6, 6.07) is 0. The molecule has 0 unspecified atom stereocenters. The zero-order valence-corrected chi connectivity index (χ0v) is 10.8. The van der Waals surface area contributed by atoms with Crippen molar-refractivity contribution in [3.8, 4) is 0 Å². The predicted molar refractivity (Wildman–Crippen MR) is 63.3 cm³/mol. The fourth-order valence-electron chi connectivity index (χ4n) is 0.836. The van der Waals surface area contributed by atoms with E-state index in [0.29, 0.717) is 18.3 Å². The predicted octanol–water partition coefficient (Wildman–Crippen LogP) is 2.06. The molecule has 0 aromatic carbocycles. The minimum Gasteiger partial charge on any atom is -0.374 e. The third kappa shape index (κ3) is 3.86. The maximum Gasteiger partial charge on any atom is 0.231 e. The molecule has 0 atom stereocenters. The highest BCUT2D eigenvalue weighted by Crippen LogP contribution is 2.20. The Balaban J connectivity index is 2.55. The topological polar surface area (TPSA) is 64.1 Å². The van der Waals surface area contributed by atoms with Crippen LogP contribution in [-0.4, -0.2) is 22.7 Å². The lowest BCUT2D eigenvalue weighted by atomic mass is 9.96. The second kappa shape index (κ2) is 5.36. The Morgan fingerprint density at radius 1 is 1.44 bits per heavy atom. The highest BCUT2D eigenvalue weighted by atomic mass is 32.1. The molecule has 6 heteroatoms. The van der Waals surface area contributed by atoms with Crippen LogP contribution in [0, 0.1) is 5.41 Å². The van der Waals surface area contributed by atoms with E-state index in [0.717, 1.165) is 5.01 Å². The number of hydrogen-bond donors (Lipinski definition) is 1. The molecule has 0 bridgehead atoms. The van der Waals surface area contributed by atoms with Crippen molar-refractivity contribution in [3.63, 3.8) is 0 Å². The molecule has 0 saturated carbocycles. The number of carbonyl (C=O) groups excluding carboxylic acids is 1. The van der Waals surface area contributed by atoms with Gasteiger partial charge in [-0.05, 0) is 6.92 Å². The average molecular weight is 243 g/mol. The van der Waals surface area contributed by atoms with Crippen LogP contribution in [0.5, 0.6) is 0 Å². The monoisotopic (exact) mass is 243 g/mol.